The number of nitrogens with one attached hydrogen (secondary N) is 1. The number of hydrogen-bond donors (Lipinski definition) is 4. The van der Waals surface area contributed by atoms with Crippen molar-refractivity contribution in [3.63, 3.8) is 0 Å². The zero-order valence-electron chi connectivity index (χ0n) is 10.1. The largest absolute Gasteiger partial charge is 0.467 e. The van der Waals surface area contributed by atoms with Gasteiger partial charge in [0.1, 0.15) is 5.76 Å². The molecule has 0 bridgehead atoms. The van der Waals surface area contributed by atoms with Gasteiger partial charge in [-0.15, -0.1) is 0 Å². The van der Waals surface area contributed by atoms with Crippen LogP contribution in [0.4, 0.5) is 0 Å². The second-order valence-electron chi connectivity index (χ2n) is 3.81. The van der Waals surface area contributed by atoms with Crippen LogP contribution >= 0.6 is 0 Å². The summed E-state index contributed by atoms with van der Waals surface area (Å²) in [6.07, 6.45) is 1.30. The maximum atomic E-state index is 11.4. The van der Waals surface area contributed by atoms with Crippen molar-refractivity contribution in [2.45, 2.75) is 6.54 Å². The molecule has 0 unspecified atom stereocenters. The zero-order chi connectivity index (χ0) is 14.4. The van der Waals surface area contributed by atoms with E-state index in [-0.39, 0.29) is 31.0 Å². The molecule has 0 aromatic carbocycles. The number of hydrogen-bond acceptors (Lipinski definition) is 6. The minimum Gasteiger partial charge on any atom is -0.467 e. The smallest absolute Gasteiger partial charge is 0.268 e. The number of hydrazine groups is 1. The third-order valence-electron chi connectivity index (χ3n) is 2.25. The molecule has 0 spiro atoms. The van der Waals surface area contributed by atoms with E-state index in [0.717, 1.165) is 0 Å². The van der Waals surface area contributed by atoms with E-state index in [2.05, 4.69) is 0 Å². The topological polar surface area (TPSA) is 158 Å². The van der Waals surface area contributed by atoms with E-state index in [1.165, 1.54) is 17.2 Å². The minimum atomic E-state index is -0.627. The summed E-state index contributed by atoms with van der Waals surface area (Å²) >= 11 is 0. The lowest BCUT2D eigenvalue weighted by atomic mass is 10.2. The third kappa shape index (κ3) is 4.41. The Morgan fingerprint density at radius 1 is 1.21 bits per heavy atom. The number of primary amides is 2. The number of nitrogens with two attached hydrogens (primary N) is 3. The van der Waals surface area contributed by atoms with Gasteiger partial charge in [-0.25, -0.2) is 5.84 Å². The number of rotatable bonds is 7. The van der Waals surface area contributed by atoms with Crippen molar-refractivity contribution in [2.75, 3.05) is 13.1 Å². The van der Waals surface area contributed by atoms with Gasteiger partial charge in [-0.05, 0) is 6.07 Å². The highest BCUT2D eigenvalue weighted by molar-refractivity contribution is 5.94. The lowest BCUT2D eigenvalue weighted by Crippen LogP contribution is -2.39. The Labute approximate surface area is 108 Å². The quantitative estimate of drug-likeness (QED) is 0.246. The molecule has 0 aliphatic heterocycles. The summed E-state index contributed by atoms with van der Waals surface area (Å²) in [6, 6.07) is 1.42. The van der Waals surface area contributed by atoms with Crippen molar-refractivity contribution >= 4 is 17.7 Å². The molecule has 1 rings (SSSR count). The molecule has 1 aromatic rings. The number of nitrogen functional groups attached to an aromatic ring is 1. The molecule has 1 aromatic heterocycles. The first kappa shape index (κ1) is 14.7. The van der Waals surface area contributed by atoms with Crippen molar-refractivity contribution in [3.05, 3.63) is 23.7 Å². The first-order valence-electron chi connectivity index (χ1n) is 5.30. The molecule has 7 N–H and O–H groups in total. The van der Waals surface area contributed by atoms with E-state index >= 15 is 0 Å². The van der Waals surface area contributed by atoms with E-state index in [0.29, 0.717) is 0 Å². The van der Waals surface area contributed by atoms with Gasteiger partial charge in [0.2, 0.25) is 11.8 Å². The molecular formula is C10H15N5O4. The highest BCUT2D eigenvalue weighted by Crippen LogP contribution is 2.13. The second-order valence-corrected chi connectivity index (χ2v) is 3.81. The van der Waals surface area contributed by atoms with Gasteiger partial charge in [-0.1, -0.05) is 0 Å². The SMILES string of the molecule is NNC(=O)c1ccoc1CN(CC(N)=O)CC(N)=O. The highest BCUT2D eigenvalue weighted by atomic mass is 16.3. The van der Waals surface area contributed by atoms with Crippen LogP contribution in [0.25, 0.3) is 0 Å². The van der Waals surface area contributed by atoms with Crippen molar-refractivity contribution < 1.29 is 18.8 Å². The molecule has 19 heavy (non-hydrogen) atoms. The predicted molar refractivity (Wildman–Crippen MR) is 64.0 cm³/mol. The summed E-state index contributed by atoms with van der Waals surface area (Å²) < 4.78 is 5.12. The van der Waals surface area contributed by atoms with E-state index in [9.17, 15) is 14.4 Å². The molecule has 0 aliphatic rings. The van der Waals surface area contributed by atoms with Crippen LogP contribution in [-0.2, 0) is 16.1 Å². The van der Waals surface area contributed by atoms with E-state index in [4.69, 9.17) is 21.7 Å². The maximum absolute atomic E-state index is 11.4. The second kappa shape index (κ2) is 6.52. The average molecular weight is 269 g/mol. The van der Waals surface area contributed by atoms with Crippen LogP contribution in [0.3, 0.4) is 0 Å². The number of furan rings is 1. The maximum Gasteiger partial charge on any atom is 0.268 e. The fourth-order valence-corrected chi connectivity index (χ4v) is 1.55. The monoisotopic (exact) mass is 269 g/mol. The van der Waals surface area contributed by atoms with Crippen LogP contribution in [0.5, 0.6) is 0 Å². The van der Waals surface area contributed by atoms with Crippen LogP contribution in [0.2, 0.25) is 0 Å². The number of carbonyl (C=O) groups excluding carboxylic acids is 3. The Morgan fingerprint density at radius 3 is 2.26 bits per heavy atom. The normalized spacial score (nSPS) is 10.4. The van der Waals surface area contributed by atoms with E-state index in [1.807, 2.05) is 5.43 Å². The Balaban J connectivity index is 2.83. The Hall–Kier alpha value is -2.39. The summed E-state index contributed by atoms with van der Waals surface area (Å²) in [6.45, 7) is -0.345. The molecule has 3 amide bonds. The molecule has 0 atom stereocenters. The molecule has 1 heterocycles. The molecule has 0 saturated carbocycles. The van der Waals surface area contributed by atoms with Crippen LogP contribution in [0, 0.1) is 0 Å². The Morgan fingerprint density at radius 2 is 1.79 bits per heavy atom. The lowest BCUT2D eigenvalue weighted by molar-refractivity contribution is -0.122. The molecule has 0 saturated heterocycles. The average Bonchev–Trinajstić information content (AvgIpc) is 2.74. The third-order valence-corrected chi connectivity index (χ3v) is 2.25. The molecule has 104 valence electrons. The summed E-state index contributed by atoms with van der Waals surface area (Å²) in [7, 11) is 0. The van der Waals surface area contributed by atoms with Gasteiger partial charge < -0.3 is 15.9 Å². The van der Waals surface area contributed by atoms with E-state index in [1.54, 1.807) is 0 Å². The Kier molecular flexibility index (Phi) is 5.03. The summed E-state index contributed by atoms with van der Waals surface area (Å²) in [4.78, 5) is 34.6. The van der Waals surface area contributed by atoms with E-state index < -0.39 is 17.7 Å². The van der Waals surface area contributed by atoms with Crippen molar-refractivity contribution in [2.24, 2.45) is 17.3 Å². The molecule has 0 fully saturated rings. The van der Waals surface area contributed by atoms with Crippen LogP contribution in [0.15, 0.2) is 16.7 Å². The van der Waals surface area contributed by atoms with Crippen molar-refractivity contribution in [3.8, 4) is 0 Å². The molecular weight excluding hydrogens is 254 g/mol. The summed E-state index contributed by atoms with van der Waals surface area (Å²) in [5, 5.41) is 0. The lowest BCUT2D eigenvalue weighted by Gasteiger charge is -2.17. The van der Waals surface area contributed by atoms with Gasteiger partial charge in [0, 0.05) is 0 Å². The van der Waals surface area contributed by atoms with Gasteiger partial charge >= 0.3 is 0 Å². The fraction of sp³-hybridized carbons (Fsp3) is 0.300. The van der Waals surface area contributed by atoms with Crippen molar-refractivity contribution in [1.29, 1.82) is 0 Å². The van der Waals surface area contributed by atoms with Gasteiger partial charge in [0.15, 0.2) is 0 Å². The summed E-state index contributed by atoms with van der Waals surface area (Å²) in [5.41, 5.74) is 12.3. The zero-order valence-corrected chi connectivity index (χ0v) is 10.1. The van der Waals surface area contributed by atoms with Gasteiger partial charge in [-0.2, -0.15) is 0 Å². The number of carbonyl (C=O) groups is 3. The number of nitrogens with zero attached hydrogens (tertiary/aromatic N) is 1. The van der Waals surface area contributed by atoms with Crippen LogP contribution in [0.1, 0.15) is 16.1 Å². The predicted octanol–water partition coefficient (Wildman–Crippen LogP) is -2.34. The fourth-order valence-electron chi connectivity index (χ4n) is 1.55. The Bertz CT molecular complexity index is 468. The summed E-state index contributed by atoms with van der Waals surface area (Å²) in [5.74, 6) is 3.48. The first-order valence-corrected chi connectivity index (χ1v) is 5.30. The van der Waals surface area contributed by atoms with Gasteiger partial charge in [0.05, 0.1) is 31.5 Å². The van der Waals surface area contributed by atoms with Crippen molar-refractivity contribution in [1.82, 2.24) is 10.3 Å². The molecule has 0 aliphatic carbocycles. The van der Waals surface area contributed by atoms with Crippen LogP contribution < -0.4 is 22.7 Å². The highest BCUT2D eigenvalue weighted by Gasteiger charge is 2.19. The van der Waals surface area contributed by atoms with Gasteiger partial charge in [-0.3, -0.25) is 24.7 Å². The number of amides is 3. The molecule has 9 nitrogen and oxygen atoms in total. The molecule has 9 heteroatoms. The van der Waals surface area contributed by atoms with Gasteiger partial charge in [0.25, 0.3) is 5.91 Å². The first-order chi connectivity index (χ1) is 8.93. The standard InChI is InChI=1S/C10H15N5O4/c11-8(16)4-15(5-9(12)17)3-7-6(1-2-19-7)10(18)14-13/h1-2H,3-5,13H2,(H2,11,16)(H2,12,17)(H,14,18). The minimum absolute atomic E-state index is 0.0294. The van der Waals surface area contributed by atoms with Crippen LogP contribution in [-0.4, -0.2) is 35.7 Å². The molecule has 0 radical (unpaired) electrons.